The third kappa shape index (κ3) is 6.15. The van der Waals surface area contributed by atoms with Gasteiger partial charge in [-0.25, -0.2) is 13.1 Å². The molecular formula is C23H30N2O3S. The van der Waals surface area contributed by atoms with Crippen molar-refractivity contribution in [1.82, 2.24) is 9.62 Å². The lowest BCUT2D eigenvalue weighted by atomic mass is 9.90. The summed E-state index contributed by atoms with van der Waals surface area (Å²) in [5.41, 5.74) is 2.35. The zero-order chi connectivity index (χ0) is 20.7. The molecule has 1 heterocycles. The van der Waals surface area contributed by atoms with Crippen LogP contribution in [0.3, 0.4) is 0 Å². The van der Waals surface area contributed by atoms with Crippen molar-refractivity contribution in [2.45, 2.75) is 43.9 Å². The highest BCUT2D eigenvalue weighted by Gasteiger charge is 2.22. The van der Waals surface area contributed by atoms with Crippen LogP contribution in [0.2, 0.25) is 0 Å². The van der Waals surface area contributed by atoms with E-state index in [-0.39, 0.29) is 10.8 Å². The number of hydrogen-bond donors (Lipinski definition) is 1. The second kappa shape index (κ2) is 10.0. The van der Waals surface area contributed by atoms with E-state index in [0.29, 0.717) is 25.3 Å². The third-order valence-electron chi connectivity index (χ3n) is 5.53. The van der Waals surface area contributed by atoms with Crippen LogP contribution < -0.4 is 4.72 Å². The highest BCUT2D eigenvalue weighted by atomic mass is 32.2. The van der Waals surface area contributed by atoms with Gasteiger partial charge >= 0.3 is 0 Å². The van der Waals surface area contributed by atoms with Crippen molar-refractivity contribution >= 4 is 15.9 Å². The summed E-state index contributed by atoms with van der Waals surface area (Å²) in [4.78, 5) is 14.8. The number of piperidine rings is 1. The molecule has 0 aliphatic carbocycles. The van der Waals surface area contributed by atoms with E-state index in [4.69, 9.17) is 0 Å². The summed E-state index contributed by atoms with van der Waals surface area (Å²) in [6.07, 6.45) is 4.28. The summed E-state index contributed by atoms with van der Waals surface area (Å²) >= 11 is 0. The Labute approximate surface area is 174 Å². The van der Waals surface area contributed by atoms with Gasteiger partial charge in [0.15, 0.2) is 0 Å². The molecule has 0 unspecified atom stereocenters. The third-order valence-corrected chi connectivity index (χ3v) is 7.09. The van der Waals surface area contributed by atoms with Crippen LogP contribution in [0.5, 0.6) is 0 Å². The van der Waals surface area contributed by atoms with E-state index in [1.54, 1.807) is 31.2 Å². The SMILES string of the molecule is CCNS(=O)(=O)c1ccc(CCC(=O)N2CCC(Cc3ccccc3)CC2)cc1. The van der Waals surface area contributed by atoms with Gasteiger partial charge in [-0.2, -0.15) is 0 Å². The fraction of sp³-hybridized carbons (Fsp3) is 0.435. The lowest BCUT2D eigenvalue weighted by Crippen LogP contribution is -2.39. The molecule has 1 aliphatic rings. The van der Waals surface area contributed by atoms with E-state index >= 15 is 0 Å². The van der Waals surface area contributed by atoms with Gasteiger partial charge in [0.1, 0.15) is 0 Å². The standard InChI is InChI=1S/C23H30N2O3S/c1-2-24-29(27,28)22-11-8-19(9-12-22)10-13-23(26)25-16-14-21(15-17-25)18-20-6-4-3-5-7-20/h3-9,11-12,21,24H,2,10,13-18H2,1H3. The molecule has 0 bridgehead atoms. The first-order chi connectivity index (χ1) is 14.0. The van der Waals surface area contributed by atoms with Gasteiger partial charge in [0, 0.05) is 26.1 Å². The lowest BCUT2D eigenvalue weighted by molar-refractivity contribution is -0.132. The number of sulfonamides is 1. The minimum Gasteiger partial charge on any atom is -0.343 e. The van der Waals surface area contributed by atoms with Crippen molar-refractivity contribution in [2.24, 2.45) is 5.92 Å². The zero-order valence-corrected chi connectivity index (χ0v) is 17.8. The van der Waals surface area contributed by atoms with Gasteiger partial charge in [0.2, 0.25) is 15.9 Å². The Hall–Kier alpha value is -2.18. The predicted molar refractivity (Wildman–Crippen MR) is 115 cm³/mol. The molecule has 1 aliphatic heterocycles. The number of likely N-dealkylation sites (tertiary alicyclic amines) is 1. The van der Waals surface area contributed by atoms with E-state index in [1.165, 1.54) is 5.56 Å². The molecule has 0 aromatic heterocycles. The minimum absolute atomic E-state index is 0.188. The van der Waals surface area contributed by atoms with Crippen molar-refractivity contribution < 1.29 is 13.2 Å². The van der Waals surface area contributed by atoms with Crippen LogP contribution >= 0.6 is 0 Å². The molecule has 0 radical (unpaired) electrons. The number of amides is 1. The smallest absolute Gasteiger partial charge is 0.240 e. The number of benzene rings is 2. The molecule has 1 N–H and O–H groups in total. The molecule has 0 spiro atoms. The Morgan fingerprint density at radius 3 is 2.28 bits per heavy atom. The van der Waals surface area contributed by atoms with Crippen molar-refractivity contribution in [3.05, 3.63) is 65.7 Å². The molecule has 3 rings (SSSR count). The molecule has 0 saturated carbocycles. The van der Waals surface area contributed by atoms with E-state index in [0.717, 1.165) is 37.9 Å². The van der Waals surface area contributed by atoms with Crippen LogP contribution in [0, 0.1) is 5.92 Å². The van der Waals surface area contributed by atoms with Crippen molar-refractivity contribution in [1.29, 1.82) is 0 Å². The Kier molecular flexibility index (Phi) is 7.45. The van der Waals surface area contributed by atoms with Gasteiger partial charge in [0.05, 0.1) is 4.90 Å². The molecule has 1 amide bonds. The number of aryl methyl sites for hydroxylation is 1. The molecule has 6 heteroatoms. The quantitative estimate of drug-likeness (QED) is 0.720. The van der Waals surface area contributed by atoms with E-state index < -0.39 is 10.0 Å². The Bertz CT molecular complexity index is 887. The molecule has 1 fully saturated rings. The number of carbonyl (C=O) groups is 1. The Morgan fingerprint density at radius 1 is 1.00 bits per heavy atom. The van der Waals surface area contributed by atoms with Crippen LogP contribution in [0.15, 0.2) is 59.5 Å². The number of nitrogens with zero attached hydrogens (tertiary/aromatic N) is 1. The maximum atomic E-state index is 12.6. The van der Waals surface area contributed by atoms with Gasteiger partial charge in [-0.3, -0.25) is 4.79 Å². The predicted octanol–water partition coefficient (Wildman–Crippen LogP) is 3.40. The molecular weight excluding hydrogens is 384 g/mol. The van der Waals surface area contributed by atoms with Gasteiger partial charge in [0.25, 0.3) is 0 Å². The van der Waals surface area contributed by atoms with Crippen LogP contribution in [0.4, 0.5) is 0 Å². The lowest BCUT2D eigenvalue weighted by Gasteiger charge is -2.32. The van der Waals surface area contributed by atoms with Gasteiger partial charge in [-0.1, -0.05) is 49.4 Å². The van der Waals surface area contributed by atoms with E-state index in [1.807, 2.05) is 11.0 Å². The van der Waals surface area contributed by atoms with Gasteiger partial charge in [-0.05, 0) is 54.9 Å². The normalized spacial score (nSPS) is 15.4. The summed E-state index contributed by atoms with van der Waals surface area (Å²) in [6.45, 7) is 3.77. The van der Waals surface area contributed by atoms with Crippen molar-refractivity contribution in [3.8, 4) is 0 Å². The molecule has 2 aromatic carbocycles. The topological polar surface area (TPSA) is 66.5 Å². The molecule has 5 nitrogen and oxygen atoms in total. The maximum absolute atomic E-state index is 12.6. The fourth-order valence-corrected chi connectivity index (χ4v) is 4.89. The highest BCUT2D eigenvalue weighted by molar-refractivity contribution is 7.89. The fourth-order valence-electron chi connectivity index (χ4n) is 3.85. The second-order valence-corrected chi connectivity index (χ2v) is 9.43. The van der Waals surface area contributed by atoms with E-state index in [9.17, 15) is 13.2 Å². The Balaban J connectivity index is 1.44. The van der Waals surface area contributed by atoms with Crippen molar-refractivity contribution in [2.75, 3.05) is 19.6 Å². The number of nitrogens with one attached hydrogen (secondary N) is 1. The van der Waals surface area contributed by atoms with Crippen LogP contribution in [-0.2, 0) is 27.7 Å². The van der Waals surface area contributed by atoms with E-state index in [2.05, 4.69) is 29.0 Å². The molecule has 2 aromatic rings. The first kappa shape index (κ1) is 21.5. The van der Waals surface area contributed by atoms with Crippen LogP contribution in [0.1, 0.15) is 37.3 Å². The van der Waals surface area contributed by atoms with Crippen LogP contribution in [-0.4, -0.2) is 38.9 Å². The van der Waals surface area contributed by atoms with Crippen LogP contribution in [0.25, 0.3) is 0 Å². The second-order valence-electron chi connectivity index (χ2n) is 7.66. The summed E-state index contributed by atoms with van der Waals surface area (Å²) in [6, 6.07) is 17.3. The number of rotatable bonds is 8. The highest BCUT2D eigenvalue weighted by Crippen LogP contribution is 2.22. The summed E-state index contributed by atoms with van der Waals surface area (Å²) in [5, 5.41) is 0. The monoisotopic (exact) mass is 414 g/mol. The number of carbonyl (C=O) groups excluding carboxylic acids is 1. The van der Waals surface area contributed by atoms with Crippen molar-refractivity contribution in [3.63, 3.8) is 0 Å². The van der Waals surface area contributed by atoms with Gasteiger partial charge < -0.3 is 4.90 Å². The summed E-state index contributed by atoms with van der Waals surface area (Å²) in [7, 11) is -3.43. The Morgan fingerprint density at radius 2 is 1.66 bits per heavy atom. The average molecular weight is 415 g/mol. The number of hydrogen-bond acceptors (Lipinski definition) is 3. The summed E-state index contributed by atoms with van der Waals surface area (Å²) in [5.74, 6) is 0.834. The molecule has 1 saturated heterocycles. The molecule has 0 atom stereocenters. The maximum Gasteiger partial charge on any atom is 0.240 e. The largest absolute Gasteiger partial charge is 0.343 e. The summed E-state index contributed by atoms with van der Waals surface area (Å²) < 4.78 is 26.5. The van der Waals surface area contributed by atoms with Gasteiger partial charge in [-0.15, -0.1) is 0 Å². The first-order valence-corrected chi connectivity index (χ1v) is 11.9. The molecule has 29 heavy (non-hydrogen) atoms. The first-order valence-electron chi connectivity index (χ1n) is 10.4. The molecule has 156 valence electrons. The zero-order valence-electron chi connectivity index (χ0n) is 17.0. The average Bonchev–Trinajstić information content (AvgIpc) is 2.73. The minimum atomic E-state index is -3.43.